The fourth-order valence-corrected chi connectivity index (χ4v) is 14.5. The topological polar surface area (TPSA) is 741 Å². The monoisotopic (exact) mass is 1810 g/mol. The number of nitrogens with one attached hydrogen (secondary N) is 1. The number of carbonyl (C=O) groups excluding carboxylic acids is 2. The van der Waals surface area contributed by atoms with Crippen LogP contribution in [0.5, 0.6) is 0 Å². The van der Waals surface area contributed by atoms with E-state index < -0.39 is 266 Å². The van der Waals surface area contributed by atoms with Crippen molar-refractivity contribution in [3.05, 3.63) is 0 Å². The molecule has 0 aliphatic carbocycles. The second kappa shape index (κ2) is 47.1. The molecule has 0 aromatic heterocycles. The van der Waals surface area contributed by atoms with Crippen molar-refractivity contribution in [3.8, 4) is 0 Å². The molecule has 0 radical (unpaired) electrons. The first-order valence-corrected chi connectivity index (χ1v) is 41.1. The van der Waals surface area contributed by atoms with Gasteiger partial charge in [-0.05, 0) is 12.9 Å². The zero-order chi connectivity index (χ0) is 85.3. The highest BCUT2D eigenvalue weighted by atomic mass is 32.3. The zero-order valence-corrected chi connectivity index (χ0v) is 66.5. The van der Waals surface area contributed by atoms with Crippen LogP contribution in [0.15, 0.2) is 0 Å². The van der Waals surface area contributed by atoms with E-state index in [2.05, 4.69) is 30.8 Å². The molecule has 0 aromatic rings. The number of hydrogen-bond acceptors (Lipinski definition) is 46. The lowest BCUT2D eigenvalue weighted by Crippen LogP contribution is -2.70. The molecule has 55 nitrogen and oxygen atoms in total. The second-order valence-corrected chi connectivity index (χ2v) is 30.2. The van der Waals surface area contributed by atoms with E-state index in [4.69, 9.17) is 127 Å². The van der Waals surface area contributed by atoms with E-state index in [-0.39, 0.29) is 79.1 Å². The van der Waals surface area contributed by atoms with Crippen molar-refractivity contribution in [1.29, 1.82) is 0 Å². The molecule has 0 aromatic carbocycles. The summed E-state index contributed by atoms with van der Waals surface area (Å²) < 4.78 is 366. The van der Waals surface area contributed by atoms with Crippen LogP contribution < -0.4 is 11.1 Å². The van der Waals surface area contributed by atoms with Gasteiger partial charge in [-0.3, -0.25) is 36.9 Å². The third-order valence-corrected chi connectivity index (χ3v) is 19.1. The Balaban J connectivity index is 1.47. The molecule has 0 saturated carbocycles. The lowest BCUT2D eigenvalue weighted by Gasteiger charge is -2.51. The standard InChI is InChI=1S/C52H90N2O53S7/c1-79-30-25(21-93-109(61,62)63)95-48(29(33(30)80-2)54-28(56)23-91-19-18-90-17-16-89-15-14-88-13-12-87-11-10-86-9-8-27(53)55)100-36-34(81-3)42(83-5)51(102-40(36)46(57)58)99-32-26(22-94-110(64,65)66)97-52(45(107-114(76,77)78)39(32)105-112(70,71)72)101-37-35(82-4)43(84-6)50(103-41(37)47(59)60)98-31-24(20-92-108)96-49(85-7)44(106-113(73,74)75)38(31)104-111(67,68)69/h24-26,29-45,48-52,108H,8-23H2,1-7H3,(H2,53,55)(H,54,56)(H,57,58)(H,59,60)(H,61,62,63)(H,64,65,66)(H,67,68,69)(H,70,71,72)(H,73,74,75)(H,76,77,78)/t24-,25-,26-,29-,30-,31?,32?,33-,34+,35+,36+,37+,38+,39+,40+,41-,42-,43-,44-,45-,48?,49?,50-,51-,52?/m1/s1. The van der Waals surface area contributed by atoms with Gasteiger partial charge in [-0.1, -0.05) is 0 Å². The first kappa shape index (κ1) is 101. The van der Waals surface area contributed by atoms with E-state index in [1.807, 2.05) is 0 Å². The maximum absolute atomic E-state index is 13.8. The number of rotatable bonds is 54. The molecule has 5 fully saturated rings. The van der Waals surface area contributed by atoms with Crippen LogP contribution in [-0.4, -0.2) is 414 Å². The number of amides is 2. The largest absolute Gasteiger partial charge is 0.479 e. The van der Waals surface area contributed by atoms with E-state index in [0.29, 0.717) is 0 Å². The van der Waals surface area contributed by atoms with Gasteiger partial charge in [0, 0.05) is 56.2 Å². The molecule has 5 unspecified atom stereocenters. The van der Waals surface area contributed by atoms with Gasteiger partial charge in [0.1, 0.15) is 104 Å². The molecule has 5 aliphatic heterocycles. The Morgan fingerprint density at radius 3 is 1.02 bits per heavy atom. The van der Waals surface area contributed by atoms with Gasteiger partial charge >= 0.3 is 74.3 Å². The summed E-state index contributed by atoms with van der Waals surface area (Å²) in [6.45, 7) is -3.01. The normalized spacial score (nSPS) is 32.9. The van der Waals surface area contributed by atoms with Crippen molar-refractivity contribution in [2.24, 2.45) is 5.73 Å². The van der Waals surface area contributed by atoms with E-state index >= 15 is 0 Å². The number of primary amides is 1. The van der Waals surface area contributed by atoms with Gasteiger partial charge in [0.2, 0.25) is 11.8 Å². The van der Waals surface area contributed by atoms with Crippen LogP contribution >= 0.6 is 12.9 Å². The summed E-state index contributed by atoms with van der Waals surface area (Å²) in [6, 6.07) is -1.72. The quantitative estimate of drug-likeness (QED) is 0.0117. The smallest absolute Gasteiger partial charge is 0.397 e. The van der Waals surface area contributed by atoms with Crippen LogP contribution in [0.1, 0.15) is 6.42 Å². The zero-order valence-electron chi connectivity index (χ0n) is 60.7. The minimum atomic E-state index is -6.22. The molecule has 668 valence electrons. The molecule has 11 N–H and O–H groups in total. The number of nitrogens with two attached hydrogens (primary N) is 1. The number of carboxylic acids is 2. The fraction of sp³-hybridized carbons (Fsp3) is 0.923. The minimum absolute atomic E-state index is 0.0645. The summed E-state index contributed by atoms with van der Waals surface area (Å²) in [6.07, 6.45) is -56.6. The van der Waals surface area contributed by atoms with Gasteiger partial charge in [0.05, 0.1) is 92.5 Å². The number of carbonyl (C=O) groups is 4. The molecule has 62 heteroatoms. The van der Waals surface area contributed by atoms with Gasteiger partial charge in [-0.25, -0.2) is 34.7 Å². The predicted octanol–water partition coefficient (Wildman–Crippen LogP) is -8.23. The number of aliphatic carboxylic acids is 2. The highest BCUT2D eigenvalue weighted by Crippen LogP contribution is 2.41. The van der Waals surface area contributed by atoms with Crippen molar-refractivity contribution in [1.82, 2.24) is 5.32 Å². The fourth-order valence-electron chi connectivity index (χ4n) is 11.7. The SMILES string of the molecule is COC1O[C@H](COS)C(O[C@@H]2O[C@@H](C(=O)O)[C@@H](OC3O[C@H](COS(=O)(=O)O)C(O[C@@H]4O[C@H](C(=O)O)[C@@H](OC5O[C@H](COS(=O)(=O)O)[C@@H](OC)[C@H](OC)[C@H]5NC(=O)COCCOCCOCCOCCOCCOCCC(N)=O)[C@H](OC)[C@H]4OC)[C@H](OS(=O)(=O)O)[C@H]3OS(=O)(=O)O)[C@H](OC)[C@H]2OC)[C@H](OS(=O)(=O)O)[C@H]1OS(=O)(=O)O. The van der Waals surface area contributed by atoms with Crippen LogP contribution in [0.4, 0.5) is 0 Å². The van der Waals surface area contributed by atoms with Crippen molar-refractivity contribution in [2.45, 2.75) is 160 Å². The first-order chi connectivity index (χ1) is 53.3. The summed E-state index contributed by atoms with van der Waals surface area (Å²) in [5.41, 5.74) is 5.04. The molecule has 5 saturated heterocycles. The molecule has 25 atom stereocenters. The molecule has 0 bridgehead atoms. The third-order valence-electron chi connectivity index (χ3n) is 16.2. The van der Waals surface area contributed by atoms with Crippen molar-refractivity contribution in [3.63, 3.8) is 0 Å². The second-order valence-electron chi connectivity index (χ2n) is 23.6. The Kier molecular flexibility index (Phi) is 41.8. The van der Waals surface area contributed by atoms with E-state index in [9.17, 15) is 107 Å². The van der Waals surface area contributed by atoms with Crippen LogP contribution in [0.2, 0.25) is 0 Å². The Bertz CT molecular complexity index is 3690. The summed E-state index contributed by atoms with van der Waals surface area (Å²) >= 11 is 3.62. The van der Waals surface area contributed by atoms with Crippen molar-refractivity contribution in [2.75, 3.05) is 149 Å². The Hall–Kier alpha value is -3.47. The molecule has 114 heavy (non-hydrogen) atoms. The van der Waals surface area contributed by atoms with Gasteiger partial charge in [-0.15, -0.1) is 0 Å². The molecule has 5 rings (SSSR count). The average Bonchev–Trinajstić information content (AvgIpc) is 0.759. The Morgan fingerprint density at radius 2 is 0.667 bits per heavy atom. The molecule has 5 heterocycles. The van der Waals surface area contributed by atoms with Crippen LogP contribution in [0, 0.1) is 0 Å². The number of hydrogen-bond donors (Lipinski definition) is 11. The van der Waals surface area contributed by atoms with Crippen molar-refractivity contribution >= 4 is 99.1 Å². The molecule has 0 spiro atoms. The lowest BCUT2D eigenvalue weighted by molar-refractivity contribution is -0.385. The number of ether oxygens (including phenoxy) is 22. The number of thiol groups is 1. The lowest BCUT2D eigenvalue weighted by atomic mass is 9.94. The number of carboxylic acid groups (broad SMARTS) is 2. The highest BCUT2D eigenvalue weighted by molar-refractivity contribution is 7.82. The maximum atomic E-state index is 13.8. The molecule has 5 aliphatic rings. The molecular formula is C52H90N2O53S7. The summed E-state index contributed by atoms with van der Waals surface area (Å²) in [5.74, 6) is -5.74. The van der Waals surface area contributed by atoms with Gasteiger partial charge in [0.25, 0.3) is 0 Å². The Labute approximate surface area is 656 Å². The van der Waals surface area contributed by atoms with E-state index in [0.717, 1.165) is 49.8 Å². The first-order valence-electron chi connectivity index (χ1n) is 32.6. The predicted molar refractivity (Wildman–Crippen MR) is 356 cm³/mol. The maximum Gasteiger partial charge on any atom is 0.397 e. The summed E-state index contributed by atoms with van der Waals surface area (Å²) in [5, 5.41) is 24.3. The molecule has 2 amide bonds. The summed E-state index contributed by atoms with van der Waals surface area (Å²) in [4.78, 5) is 51.5. The van der Waals surface area contributed by atoms with E-state index in [1.54, 1.807) is 0 Å². The average molecular weight is 1820 g/mol. The van der Waals surface area contributed by atoms with Crippen LogP contribution in [0.3, 0.4) is 0 Å². The van der Waals surface area contributed by atoms with Gasteiger partial charge in [0.15, 0.2) is 55.9 Å². The van der Waals surface area contributed by atoms with Crippen LogP contribution in [0.25, 0.3) is 0 Å². The van der Waals surface area contributed by atoms with E-state index in [1.165, 1.54) is 0 Å². The van der Waals surface area contributed by atoms with Crippen molar-refractivity contribution < 1.29 is 241 Å². The summed E-state index contributed by atoms with van der Waals surface area (Å²) in [7, 11) is -28.7. The number of methoxy groups -OCH3 is 7. The molecular weight excluding hydrogens is 1730 g/mol. The van der Waals surface area contributed by atoms with Gasteiger partial charge < -0.3 is 130 Å². The third kappa shape index (κ3) is 32.8. The minimum Gasteiger partial charge on any atom is -0.479 e. The van der Waals surface area contributed by atoms with Gasteiger partial charge in [-0.2, -0.15) is 50.5 Å². The van der Waals surface area contributed by atoms with Crippen LogP contribution in [-0.2, 0) is 215 Å². The Morgan fingerprint density at radius 1 is 0.351 bits per heavy atom. The highest BCUT2D eigenvalue weighted by Gasteiger charge is 2.63.